The highest BCUT2D eigenvalue weighted by Gasteiger charge is 1.74. The standard InChI is InChI=1S/C6H5Cl.CH4N2O.H2S/c7-6-4-2-1-3-5-6;2-1(3)4;/h1-5H;(H4,2,3,4);1H2. The molecule has 0 aliphatic heterocycles. The van der Waals surface area contributed by atoms with E-state index in [4.69, 9.17) is 16.4 Å². The molecular formula is C7H11ClN2OS. The van der Waals surface area contributed by atoms with Crippen LogP contribution in [0.2, 0.25) is 5.02 Å². The summed E-state index contributed by atoms with van der Waals surface area (Å²) in [6.45, 7) is 0. The van der Waals surface area contributed by atoms with E-state index >= 15 is 0 Å². The number of urea groups is 1. The molecule has 12 heavy (non-hydrogen) atoms. The Bertz CT molecular complexity index is 214. The van der Waals surface area contributed by atoms with Crippen molar-refractivity contribution in [3.8, 4) is 0 Å². The summed E-state index contributed by atoms with van der Waals surface area (Å²) < 4.78 is 0. The monoisotopic (exact) mass is 206 g/mol. The van der Waals surface area contributed by atoms with Crippen molar-refractivity contribution in [2.75, 3.05) is 0 Å². The molecule has 0 bridgehead atoms. The largest absolute Gasteiger partial charge is 0.352 e. The van der Waals surface area contributed by atoms with Gasteiger partial charge in [-0.1, -0.05) is 29.8 Å². The average molecular weight is 207 g/mol. The number of nitrogens with two attached hydrogens (primary N) is 2. The van der Waals surface area contributed by atoms with Gasteiger partial charge < -0.3 is 11.5 Å². The summed E-state index contributed by atoms with van der Waals surface area (Å²) in [7, 11) is 0. The molecule has 2 amide bonds. The van der Waals surface area contributed by atoms with Gasteiger partial charge in [0.05, 0.1) is 0 Å². The normalized spacial score (nSPS) is 7.08. The first-order chi connectivity index (χ1) is 5.13. The molecule has 1 aromatic rings. The summed E-state index contributed by atoms with van der Waals surface area (Å²) in [5, 5.41) is 0.794. The molecule has 0 spiro atoms. The maximum absolute atomic E-state index is 9.00. The second-order valence-electron chi connectivity index (χ2n) is 1.70. The van der Waals surface area contributed by atoms with E-state index in [1.807, 2.05) is 30.3 Å². The van der Waals surface area contributed by atoms with Gasteiger partial charge in [0.15, 0.2) is 0 Å². The molecule has 0 heterocycles. The molecule has 3 nitrogen and oxygen atoms in total. The van der Waals surface area contributed by atoms with E-state index in [1.54, 1.807) is 0 Å². The molecule has 5 heteroatoms. The third-order valence-corrected chi connectivity index (χ3v) is 0.985. The Balaban J connectivity index is 0. The summed E-state index contributed by atoms with van der Waals surface area (Å²) in [5.74, 6) is 0. The van der Waals surface area contributed by atoms with Crippen LogP contribution in [0.4, 0.5) is 4.79 Å². The van der Waals surface area contributed by atoms with E-state index in [2.05, 4.69) is 11.5 Å². The van der Waals surface area contributed by atoms with E-state index in [0.29, 0.717) is 0 Å². The van der Waals surface area contributed by atoms with Gasteiger partial charge in [0, 0.05) is 5.02 Å². The Hall–Kier alpha value is -0.870. The second kappa shape index (κ2) is 8.23. The van der Waals surface area contributed by atoms with Gasteiger partial charge in [-0.2, -0.15) is 13.5 Å². The third-order valence-electron chi connectivity index (χ3n) is 0.733. The van der Waals surface area contributed by atoms with Gasteiger partial charge >= 0.3 is 6.03 Å². The molecule has 0 saturated carbocycles. The predicted molar refractivity (Wildman–Crippen MR) is 55.6 cm³/mol. The molecule has 0 unspecified atom stereocenters. The minimum absolute atomic E-state index is 0. The molecule has 68 valence electrons. The Morgan fingerprint density at radius 2 is 1.50 bits per heavy atom. The van der Waals surface area contributed by atoms with E-state index in [9.17, 15) is 0 Å². The van der Waals surface area contributed by atoms with Gasteiger partial charge in [-0.15, -0.1) is 0 Å². The molecule has 0 fully saturated rings. The number of hydrogen-bond donors (Lipinski definition) is 2. The fourth-order valence-corrected chi connectivity index (χ4v) is 0.560. The lowest BCUT2D eigenvalue weighted by atomic mass is 10.4. The molecule has 0 aromatic heterocycles. The van der Waals surface area contributed by atoms with E-state index in [-0.39, 0.29) is 13.5 Å². The van der Waals surface area contributed by atoms with Crippen molar-refractivity contribution >= 4 is 31.1 Å². The molecule has 0 saturated heterocycles. The van der Waals surface area contributed by atoms with Crippen molar-refractivity contribution in [2.24, 2.45) is 11.5 Å². The van der Waals surface area contributed by atoms with E-state index < -0.39 is 6.03 Å². The molecule has 0 aliphatic rings. The lowest BCUT2D eigenvalue weighted by Gasteiger charge is -1.80. The third kappa shape index (κ3) is 11.9. The SMILES string of the molecule is Clc1ccccc1.NC(N)=O.S. The van der Waals surface area contributed by atoms with Crippen molar-refractivity contribution in [3.63, 3.8) is 0 Å². The summed E-state index contributed by atoms with van der Waals surface area (Å²) in [5.41, 5.74) is 8.50. The Morgan fingerprint density at radius 1 is 1.17 bits per heavy atom. The second-order valence-corrected chi connectivity index (χ2v) is 2.13. The van der Waals surface area contributed by atoms with Gasteiger partial charge in [0.25, 0.3) is 0 Å². The van der Waals surface area contributed by atoms with Crippen LogP contribution < -0.4 is 11.5 Å². The van der Waals surface area contributed by atoms with E-state index in [1.165, 1.54) is 0 Å². The number of benzene rings is 1. The van der Waals surface area contributed by atoms with Crippen LogP contribution in [0.15, 0.2) is 30.3 Å². The van der Waals surface area contributed by atoms with Crippen LogP contribution in [0, 0.1) is 0 Å². The lowest BCUT2D eigenvalue weighted by Crippen LogP contribution is -2.18. The van der Waals surface area contributed by atoms with Crippen molar-refractivity contribution in [1.29, 1.82) is 0 Å². The zero-order valence-corrected chi connectivity index (χ0v) is 8.08. The maximum atomic E-state index is 9.00. The van der Waals surface area contributed by atoms with Gasteiger partial charge in [0.1, 0.15) is 0 Å². The summed E-state index contributed by atoms with van der Waals surface area (Å²) in [6.07, 6.45) is 0. The van der Waals surface area contributed by atoms with Crippen LogP contribution in [0.25, 0.3) is 0 Å². The Labute approximate surface area is 83.1 Å². The highest BCUT2D eigenvalue weighted by molar-refractivity contribution is 7.59. The summed E-state index contributed by atoms with van der Waals surface area (Å²) >= 11 is 5.54. The predicted octanol–water partition coefficient (Wildman–Crippen LogP) is 1.48. The number of amides is 2. The fraction of sp³-hybridized carbons (Fsp3) is 0. The number of carbonyl (C=O) groups excluding carboxylic acids is 1. The van der Waals surface area contributed by atoms with Crippen LogP contribution in [-0.4, -0.2) is 6.03 Å². The Morgan fingerprint density at radius 3 is 1.67 bits per heavy atom. The van der Waals surface area contributed by atoms with E-state index in [0.717, 1.165) is 5.02 Å². The average Bonchev–Trinajstić information content (AvgIpc) is 1.87. The van der Waals surface area contributed by atoms with Crippen molar-refractivity contribution in [2.45, 2.75) is 0 Å². The molecule has 0 atom stereocenters. The summed E-state index contributed by atoms with van der Waals surface area (Å²) in [6, 6.07) is 8.61. The van der Waals surface area contributed by atoms with Gasteiger partial charge in [-0.05, 0) is 12.1 Å². The first-order valence-corrected chi connectivity index (χ1v) is 3.26. The number of halogens is 1. The number of carbonyl (C=O) groups is 1. The molecule has 0 aliphatic carbocycles. The maximum Gasteiger partial charge on any atom is 0.309 e. The smallest absolute Gasteiger partial charge is 0.309 e. The molecule has 0 radical (unpaired) electrons. The zero-order valence-electron chi connectivity index (χ0n) is 6.33. The molecule has 1 rings (SSSR count). The van der Waals surface area contributed by atoms with Crippen LogP contribution >= 0.6 is 25.1 Å². The number of hydrogen-bond acceptors (Lipinski definition) is 1. The number of primary amides is 2. The van der Waals surface area contributed by atoms with Crippen LogP contribution in [0.1, 0.15) is 0 Å². The van der Waals surface area contributed by atoms with Gasteiger partial charge in [0.2, 0.25) is 0 Å². The minimum atomic E-state index is -0.833. The molecular weight excluding hydrogens is 196 g/mol. The van der Waals surface area contributed by atoms with Crippen LogP contribution in [0.5, 0.6) is 0 Å². The lowest BCUT2D eigenvalue weighted by molar-refractivity contribution is 0.256. The van der Waals surface area contributed by atoms with Crippen LogP contribution in [0.3, 0.4) is 0 Å². The highest BCUT2D eigenvalue weighted by Crippen LogP contribution is 2.03. The highest BCUT2D eigenvalue weighted by atomic mass is 35.5. The minimum Gasteiger partial charge on any atom is -0.352 e. The first-order valence-electron chi connectivity index (χ1n) is 2.88. The summed E-state index contributed by atoms with van der Waals surface area (Å²) in [4.78, 5) is 9.00. The van der Waals surface area contributed by atoms with Gasteiger partial charge in [-0.25, -0.2) is 4.79 Å². The van der Waals surface area contributed by atoms with Crippen molar-refractivity contribution in [3.05, 3.63) is 35.4 Å². The topological polar surface area (TPSA) is 69.1 Å². The molecule has 1 aromatic carbocycles. The van der Waals surface area contributed by atoms with Crippen LogP contribution in [-0.2, 0) is 0 Å². The Kier molecular flexibility index (Phi) is 9.40. The van der Waals surface area contributed by atoms with Gasteiger partial charge in [-0.3, -0.25) is 0 Å². The number of rotatable bonds is 0. The zero-order chi connectivity index (χ0) is 8.69. The first kappa shape index (κ1) is 13.7. The fourth-order valence-electron chi connectivity index (χ4n) is 0.415. The quantitative estimate of drug-likeness (QED) is 0.663. The van der Waals surface area contributed by atoms with Crippen molar-refractivity contribution in [1.82, 2.24) is 0 Å². The van der Waals surface area contributed by atoms with Crippen molar-refractivity contribution < 1.29 is 4.79 Å². The molecule has 4 N–H and O–H groups in total.